The van der Waals surface area contributed by atoms with E-state index in [4.69, 9.17) is 0 Å². The molecule has 0 saturated carbocycles. The first-order chi connectivity index (χ1) is 9.88. The first-order valence-corrected chi connectivity index (χ1v) is 6.57. The van der Waals surface area contributed by atoms with Crippen molar-refractivity contribution in [2.24, 2.45) is 5.92 Å². The van der Waals surface area contributed by atoms with Crippen LogP contribution in [0.2, 0.25) is 0 Å². The van der Waals surface area contributed by atoms with Crippen molar-refractivity contribution in [1.82, 2.24) is 14.8 Å². The molecule has 0 spiro atoms. The van der Waals surface area contributed by atoms with Crippen LogP contribution in [0.25, 0.3) is 0 Å². The second-order valence-corrected chi connectivity index (χ2v) is 5.27. The third-order valence-corrected chi connectivity index (χ3v) is 3.00. The van der Waals surface area contributed by atoms with Crippen molar-refractivity contribution in [3.8, 4) is 0 Å². The molecular formula is C14H16F3N3O. The number of hydrogen-bond donors (Lipinski definition) is 1. The second kappa shape index (κ2) is 6.26. The maximum atomic E-state index is 13.2. The van der Waals surface area contributed by atoms with Crippen molar-refractivity contribution in [3.63, 3.8) is 0 Å². The number of benzene rings is 1. The molecule has 0 fully saturated rings. The molecule has 0 amide bonds. The van der Waals surface area contributed by atoms with Gasteiger partial charge in [0.15, 0.2) is 17.5 Å². The maximum absolute atomic E-state index is 13.2. The third kappa shape index (κ3) is 3.60. The average molecular weight is 299 g/mol. The van der Waals surface area contributed by atoms with Crippen LogP contribution in [0, 0.1) is 23.4 Å². The molecule has 1 atom stereocenters. The molecule has 0 bridgehead atoms. The van der Waals surface area contributed by atoms with Gasteiger partial charge < -0.3 is 5.11 Å². The highest BCUT2D eigenvalue weighted by molar-refractivity contribution is 5.22. The van der Waals surface area contributed by atoms with Gasteiger partial charge in [-0.2, -0.15) is 5.10 Å². The van der Waals surface area contributed by atoms with E-state index in [2.05, 4.69) is 10.1 Å². The Morgan fingerprint density at radius 3 is 2.38 bits per heavy atom. The van der Waals surface area contributed by atoms with Crippen molar-refractivity contribution in [1.29, 1.82) is 0 Å². The zero-order valence-electron chi connectivity index (χ0n) is 11.7. The summed E-state index contributed by atoms with van der Waals surface area (Å²) in [6, 6.07) is 1.57. The summed E-state index contributed by atoms with van der Waals surface area (Å²) in [5.74, 6) is -3.36. The van der Waals surface area contributed by atoms with Crippen LogP contribution in [0.4, 0.5) is 13.2 Å². The van der Waals surface area contributed by atoms with Crippen molar-refractivity contribution >= 4 is 0 Å². The summed E-state index contributed by atoms with van der Waals surface area (Å²) >= 11 is 0. The summed E-state index contributed by atoms with van der Waals surface area (Å²) in [4.78, 5) is 4.03. The Bertz CT molecular complexity index is 605. The standard InChI is InChI=1S/C14H16F3N3O/c1-8(2)6-20-13(18-7-19-20)5-12(21)9-3-10(15)14(17)11(16)4-9/h3-4,7-8,12,21H,5-6H2,1-2H3. The minimum atomic E-state index is -1.55. The lowest BCUT2D eigenvalue weighted by atomic mass is 10.1. The van der Waals surface area contributed by atoms with Crippen LogP contribution >= 0.6 is 0 Å². The van der Waals surface area contributed by atoms with E-state index >= 15 is 0 Å². The molecule has 1 aromatic carbocycles. The zero-order chi connectivity index (χ0) is 15.6. The largest absolute Gasteiger partial charge is 0.388 e. The summed E-state index contributed by atoms with van der Waals surface area (Å²) in [6.07, 6.45) is 0.206. The summed E-state index contributed by atoms with van der Waals surface area (Å²) in [7, 11) is 0. The molecule has 7 heteroatoms. The average Bonchev–Trinajstić information content (AvgIpc) is 2.81. The number of aromatic nitrogens is 3. The number of aliphatic hydroxyl groups is 1. The van der Waals surface area contributed by atoms with E-state index in [0.717, 1.165) is 12.1 Å². The summed E-state index contributed by atoms with van der Waals surface area (Å²) in [6.45, 7) is 4.63. The third-order valence-electron chi connectivity index (χ3n) is 3.00. The van der Waals surface area contributed by atoms with E-state index in [1.54, 1.807) is 4.68 Å². The van der Waals surface area contributed by atoms with Gasteiger partial charge in [0.05, 0.1) is 6.10 Å². The van der Waals surface area contributed by atoms with Gasteiger partial charge in [0.2, 0.25) is 0 Å². The molecule has 4 nitrogen and oxygen atoms in total. The smallest absolute Gasteiger partial charge is 0.194 e. The fraction of sp³-hybridized carbons (Fsp3) is 0.429. The van der Waals surface area contributed by atoms with Gasteiger partial charge >= 0.3 is 0 Å². The lowest BCUT2D eigenvalue weighted by molar-refractivity contribution is 0.172. The fourth-order valence-corrected chi connectivity index (χ4v) is 2.00. The van der Waals surface area contributed by atoms with E-state index in [9.17, 15) is 18.3 Å². The van der Waals surface area contributed by atoms with Gasteiger partial charge in [0.25, 0.3) is 0 Å². The lowest BCUT2D eigenvalue weighted by Crippen LogP contribution is -2.13. The quantitative estimate of drug-likeness (QED) is 0.864. The molecule has 1 N–H and O–H groups in total. The highest BCUT2D eigenvalue weighted by atomic mass is 19.2. The minimum Gasteiger partial charge on any atom is -0.388 e. The normalized spacial score (nSPS) is 12.9. The molecule has 2 aromatic rings. The van der Waals surface area contributed by atoms with Crippen molar-refractivity contribution < 1.29 is 18.3 Å². The molecule has 1 unspecified atom stereocenters. The van der Waals surface area contributed by atoms with Crippen molar-refractivity contribution in [3.05, 3.63) is 47.3 Å². The summed E-state index contributed by atoms with van der Waals surface area (Å²) in [5, 5.41) is 14.1. The van der Waals surface area contributed by atoms with Crippen LogP contribution in [0.1, 0.15) is 31.3 Å². The van der Waals surface area contributed by atoms with Gasteiger partial charge in [-0.3, -0.25) is 0 Å². The Labute approximate surface area is 120 Å². The van der Waals surface area contributed by atoms with Gasteiger partial charge in [-0.15, -0.1) is 0 Å². The number of hydrogen-bond acceptors (Lipinski definition) is 3. The Kier molecular flexibility index (Phi) is 4.62. The first kappa shape index (κ1) is 15.5. The molecule has 1 aromatic heterocycles. The van der Waals surface area contributed by atoms with Gasteiger partial charge in [-0.25, -0.2) is 22.8 Å². The van der Waals surface area contributed by atoms with Crippen LogP contribution in [0.15, 0.2) is 18.5 Å². The SMILES string of the molecule is CC(C)Cn1ncnc1CC(O)c1cc(F)c(F)c(F)c1. The molecule has 0 aliphatic carbocycles. The predicted octanol–water partition coefficient (Wildman–Crippen LogP) is 2.63. The first-order valence-electron chi connectivity index (χ1n) is 6.57. The zero-order valence-corrected chi connectivity index (χ0v) is 11.7. The summed E-state index contributed by atoms with van der Waals surface area (Å²) in [5.41, 5.74) is -0.0366. The van der Waals surface area contributed by atoms with Crippen LogP contribution in [-0.4, -0.2) is 19.9 Å². The molecule has 114 valence electrons. The molecular weight excluding hydrogens is 283 g/mol. The van der Waals surface area contributed by atoms with E-state index < -0.39 is 23.6 Å². The van der Waals surface area contributed by atoms with E-state index in [0.29, 0.717) is 18.3 Å². The van der Waals surface area contributed by atoms with Gasteiger partial charge in [0.1, 0.15) is 12.2 Å². The molecule has 1 heterocycles. The molecule has 0 aliphatic rings. The number of nitrogens with zero attached hydrogens (tertiary/aromatic N) is 3. The van der Waals surface area contributed by atoms with Crippen LogP contribution in [0.5, 0.6) is 0 Å². The molecule has 0 radical (unpaired) electrons. The Balaban J connectivity index is 2.18. The molecule has 21 heavy (non-hydrogen) atoms. The van der Waals surface area contributed by atoms with Crippen molar-refractivity contribution in [2.45, 2.75) is 32.9 Å². The second-order valence-electron chi connectivity index (χ2n) is 5.27. The van der Waals surface area contributed by atoms with Gasteiger partial charge in [-0.05, 0) is 23.6 Å². The van der Waals surface area contributed by atoms with E-state index in [-0.39, 0.29) is 12.0 Å². The number of rotatable bonds is 5. The Morgan fingerprint density at radius 2 is 1.81 bits per heavy atom. The molecule has 2 rings (SSSR count). The molecule has 0 aliphatic heterocycles. The number of halogens is 3. The topological polar surface area (TPSA) is 50.9 Å². The summed E-state index contributed by atoms with van der Waals surface area (Å²) < 4.78 is 40.9. The van der Waals surface area contributed by atoms with Crippen molar-refractivity contribution in [2.75, 3.05) is 0 Å². The van der Waals surface area contributed by atoms with Crippen LogP contribution in [-0.2, 0) is 13.0 Å². The highest BCUT2D eigenvalue weighted by Gasteiger charge is 2.18. The lowest BCUT2D eigenvalue weighted by Gasteiger charge is -2.13. The van der Waals surface area contributed by atoms with Gasteiger partial charge in [-0.1, -0.05) is 13.8 Å². The molecule has 0 saturated heterocycles. The van der Waals surface area contributed by atoms with Gasteiger partial charge in [0, 0.05) is 13.0 Å². The van der Waals surface area contributed by atoms with E-state index in [1.807, 2.05) is 13.8 Å². The maximum Gasteiger partial charge on any atom is 0.194 e. The number of aliphatic hydroxyl groups excluding tert-OH is 1. The fourth-order valence-electron chi connectivity index (χ4n) is 2.00. The van der Waals surface area contributed by atoms with Crippen LogP contribution in [0.3, 0.4) is 0 Å². The highest BCUT2D eigenvalue weighted by Crippen LogP contribution is 2.22. The Hall–Kier alpha value is -1.89. The Morgan fingerprint density at radius 1 is 1.19 bits per heavy atom. The predicted molar refractivity (Wildman–Crippen MR) is 69.8 cm³/mol. The van der Waals surface area contributed by atoms with E-state index in [1.165, 1.54) is 6.33 Å². The monoisotopic (exact) mass is 299 g/mol. The minimum absolute atomic E-state index is 0.0366. The van der Waals surface area contributed by atoms with Crippen LogP contribution < -0.4 is 0 Å².